The third-order valence-corrected chi connectivity index (χ3v) is 7.93. The van der Waals surface area contributed by atoms with Gasteiger partial charge in [0.2, 0.25) is 0 Å². The number of amides is 1. The number of hydrogen-bond donors (Lipinski definition) is 1. The van der Waals surface area contributed by atoms with Crippen molar-refractivity contribution in [2.45, 2.75) is 17.0 Å². The van der Waals surface area contributed by atoms with Crippen LogP contribution in [0, 0.1) is 0 Å². The topological polar surface area (TPSA) is 57.6 Å². The Morgan fingerprint density at radius 1 is 1.00 bits per heavy atom. The van der Waals surface area contributed by atoms with Gasteiger partial charge in [-0.3, -0.25) is 4.79 Å². The maximum atomic E-state index is 13.0. The minimum Gasteiger partial charge on any atom is -0.479 e. The Balaban J connectivity index is 1.60. The van der Waals surface area contributed by atoms with Gasteiger partial charge in [0.1, 0.15) is 0 Å². The minimum absolute atomic E-state index is 0.217. The monoisotopic (exact) mass is 385 g/mol. The molecule has 2 aliphatic rings. The Hall–Kier alpha value is -1.92. The molecule has 0 radical (unpaired) electrons. The number of fused-ring (bicyclic) bond motifs is 1. The first kappa shape index (κ1) is 17.5. The lowest BCUT2D eigenvalue weighted by Crippen LogP contribution is -2.43. The first-order valence-electron chi connectivity index (χ1n) is 8.60. The van der Waals surface area contributed by atoms with Gasteiger partial charge >= 0.3 is 5.97 Å². The molecule has 1 atom stereocenters. The summed E-state index contributed by atoms with van der Waals surface area (Å²) >= 11 is 3.85. The van der Waals surface area contributed by atoms with E-state index in [0.717, 1.165) is 22.6 Å². The average Bonchev–Trinajstić information content (AvgIpc) is 3.21. The molecule has 0 aliphatic carbocycles. The van der Waals surface area contributed by atoms with Crippen molar-refractivity contribution in [2.24, 2.45) is 0 Å². The fourth-order valence-corrected chi connectivity index (χ4v) is 6.41. The van der Waals surface area contributed by atoms with Crippen molar-refractivity contribution in [3.8, 4) is 0 Å². The van der Waals surface area contributed by atoms with Crippen molar-refractivity contribution in [1.29, 1.82) is 0 Å². The van der Waals surface area contributed by atoms with Gasteiger partial charge < -0.3 is 10.0 Å². The molecule has 2 aromatic carbocycles. The van der Waals surface area contributed by atoms with E-state index >= 15 is 0 Å². The molecule has 134 valence electrons. The zero-order valence-corrected chi connectivity index (χ0v) is 15.8. The number of aliphatic carboxylic acids is 1. The predicted molar refractivity (Wildman–Crippen MR) is 106 cm³/mol. The summed E-state index contributed by atoms with van der Waals surface area (Å²) in [6.45, 7) is 0.420. The number of benzene rings is 2. The maximum Gasteiger partial charge on any atom is 0.331 e. The summed E-state index contributed by atoms with van der Waals surface area (Å²) in [7, 11) is 0. The summed E-state index contributed by atoms with van der Waals surface area (Å²) in [5, 5.41) is 9.74. The predicted octanol–water partition coefficient (Wildman–Crippen LogP) is 3.99. The van der Waals surface area contributed by atoms with Crippen LogP contribution in [0.2, 0.25) is 0 Å². The lowest BCUT2D eigenvalue weighted by atomic mass is 9.92. The lowest BCUT2D eigenvalue weighted by Gasteiger charge is -2.34. The van der Waals surface area contributed by atoms with Crippen LogP contribution in [0.15, 0.2) is 48.5 Å². The van der Waals surface area contributed by atoms with Crippen molar-refractivity contribution < 1.29 is 14.7 Å². The standard InChI is InChI=1S/C20H19NO3S2/c22-18(14-5-7-15(8-6-14)20-25-11-12-26-20)21-10-9-13-3-1-2-4-16(13)17(21)19(23)24/h1-8,17,20H,9-12H2,(H,23,24). The van der Waals surface area contributed by atoms with Gasteiger partial charge in [-0.15, -0.1) is 23.5 Å². The summed E-state index contributed by atoms with van der Waals surface area (Å²) in [6.07, 6.45) is 0.680. The van der Waals surface area contributed by atoms with E-state index in [1.54, 1.807) is 0 Å². The van der Waals surface area contributed by atoms with Crippen LogP contribution in [0.3, 0.4) is 0 Å². The molecule has 1 fully saturated rings. The van der Waals surface area contributed by atoms with Crippen LogP contribution in [0.4, 0.5) is 0 Å². The molecule has 2 heterocycles. The molecule has 1 amide bonds. The third kappa shape index (κ3) is 3.23. The smallest absolute Gasteiger partial charge is 0.331 e. The van der Waals surface area contributed by atoms with Crippen molar-refractivity contribution in [1.82, 2.24) is 4.90 Å². The Morgan fingerprint density at radius 3 is 2.38 bits per heavy atom. The van der Waals surface area contributed by atoms with E-state index < -0.39 is 12.0 Å². The highest BCUT2D eigenvalue weighted by atomic mass is 32.2. The van der Waals surface area contributed by atoms with Gasteiger partial charge in [-0.1, -0.05) is 36.4 Å². The Bertz CT molecular complexity index is 831. The summed E-state index contributed by atoms with van der Waals surface area (Å²) in [4.78, 5) is 26.4. The van der Waals surface area contributed by atoms with Crippen LogP contribution in [-0.4, -0.2) is 39.9 Å². The number of carboxylic acids is 1. The SMILES string of the molecule is O=C(O)C1c2ccccc2CCN1C(=O)c1ccc(C2SCCS2)cc1. The van der Waals surface area contributed by atoms with E-state index in [9.17, 15) is 14.7 Å². The number of carboxylic acid groups (broad SMARTS) is 1. The first-order chi connectivity index (χ1) is 12.6. The second-order valence-corrected chi connectivity index (χ2v) is 9.11. The normalized spacial score (nSPS) is 20.0. The number of rotatable bonds is 3. The number of carbonyl (C=O) groups is 2. The molecule has 2 aliphatic heterocycles. The van der Waals surface area contributed by atoms with Crippen LogP contribution in [-0.2, 0) is 11.2 Å². The highest BCUT2D eigenvalue weighted by Crippen LogP contribution is 2.45. The zero-order chi connectivity index (χ0) is 18.1. The van der Waals surface area contributed by atoms with Gasteiger partial charge in [0.05, 0.1) is 4.58 Å². The largest absolute Gasteiger partial charge is 0.479 e. The zero-order valence-electron chi connectivity index (χ0n) is 14.1. The van der Waals surface area contributed by atoms with Crippen molar-refractivity contribution in [3.05, 3.63) is 70.8 Å². The van der Waals surface area contributed by atoms with E-state index in [-0.39, 0.29) is 5.91 Å². The number of thioether (sulfide) groups is 2. The number of nitrogens with zero attached hydrogens (tertiary/aromatic N) is 1. The summed E-state index contributed by atoms with van der Waals surface area (Å²) in [5.74, 6) is 1.11. The number of hydrogen-bond acceptors (Lipinski definition) is 4. The van der Waals surface area contributed by atoms with Crippen LogP contribution in [0.5, 0.6) is 0 Å². The molecule has 6 heteroatoms. The van der Waals surface area contributed by atoms with Gasteiger partial charge in [-0.05, 0) is 35.2 Å². The quantitative estimate of drug-likeness (QED) is 0.866. The Morgan fingerprint density at radius 2 is 1.69 bits per heavy atom. The van der Waals surface area contributed by atoms with Crippen LogP contribution < -0.4 is 0 Å². The molecule has 1 unspecified atom stereocenters. The lowest BCUT2D eigenvalue weighted by molar-refractivity contribution is -0.143. The molecule has 0 bridgehead atoms. The second kappa shape index (κ2) is 7.37. The van der Waals surface area contributed by atoms with E-state index in [1.165, 1.54) is 10.5 Å². The highest BCUT2D eigenvalue weighted by Gasteiger charge is 2.36. The molecule has 0 spiro atoms. The van der Waals surface area contributed by atoms with Crippen LogP contribution in [0.1, 0.15) is 37.7 Å². The molecule has 0 saturated carbocycles. The van der Waals surface area contributed by atoms with Crippen LogP contribution >= 0.6 is 23.5 Å². The molecule has 2 aromatic rings. The van der Waals surface area contributed by atoms with E-state index in [0.29, 0.717) is 23.1 Å². The molecule has 4 rings (SSSR count). The minimum atomic E-state index is -0.985. The average molecular weight is 386 g/mol. The fraction of sp³-hybridized carbons (Fsp3) is 0.300. The van der Waals surface area contributed by atoms with Gasteiger partial charge in [0.15, 0.2) is 6.04 Å². The molecule has 26 heavy (non-hydrogen) atoms. The van der Waals surface area contributed by atoms with Crippen molar-refractivity contribution >= 4 is 35.4 Å². The van der Waals surface area contributed by atoms with Crippen molar-refractivity contribution in [2.75, 3.05) is 18.1 Å². The fourth-order valence-electron chi connectivity index (χ4n) is 3.55. The molecular weight excluding hydrogens is 366 g/mol. The first-order valence-corrected chi connectivity index (χ1v) is 10.7. The molecular formula is C20H19NO3S2. The third-order valence-electron chi connectivity index (χ3n) is 4.83. The van der Waals surface area contributed by atoms with Crippen molar-refractivity contribution in [3.63, 3.8) is 0 Å². The summed E-state index contributed by atoms with van der Waals surface area (Å²) < 4.78 is 0.438. The van der Waals surface area contributed by atoms with Crippen LogP contribution in [0.25, 0.3) is 0 Å². The molecule has 1 N–H and O–H groups in total. The second-order valence-electron chi connectivity index (χ2n) is 6.38. The van der Waals surface area contributed by atoms with Gasteiger partial charge in [0.25, 0.3) is 5.91 Å². The van der Waals surface area contributed by atoms with E-state index in [2.05, 4.69) is 0 Å². The molecule has 1 saturated heterocycles. The number of carbonyl (C=O) groups excluding carboxylic acids is 1. The summed E-state index contributed by atoms with van der Waals surface area (Å²) in [6, 6.07) is 14.2. The van der Waals surface area contributed by atoms with Gasteiger partial charge in [-0.2, -0.15) is 0 Å². The maximum absolute atomic E-state index is 13.0. The highest BCUT2D eigenvalue weighted by molar-refractivity contribution is 8.19. The Labute approximate surface area is 161 Å². The van der Waals surface area contributed by atoms with Gasteiger partial charge in [-0.25, -0.2) is 4.79 Å². The molecule has 0 aromatic heterocycles. The summed E-state index contributed by atoms with van der Waals surface area (Å²) in [5.41, 5.74) is 3.49. The van der Waals surface area contributed by atoms with E-state index in [4.69, 9.17) is 0 Å². The van der Waals surface area contributed by atoms with E-state index in [1.807, 2.05) is 72.1 Å². The molecule has 4 nitrogen and oxygen atoms in total. The Kier molecular flexibility index (Phi) is 4.96. The van der Waals surface area contributed by atoms with Gasteiger partial charge in [0, 0.05) is 23.6 Å².